The van der Waals surface area contributed by atoms with E-state index in [1.165, 1.54) is 13.0 Å². The highest BCUT2D eigenvalue weighted by atomic mass is 19.4. The maximum absolute atomic E-state index is 12.1. The molecular weight excluding hydrogens is 273 g/mol. The van der Waals surface area contributed by atoms with Crippen LogP contribution in [-0.2, 0) is 4.79 Å². The maximum Gasteiger partial charge on any atom is 0.573 e. The molecule has 1 aromatic carbocycles. The van der Waals surface area contributed by atoms with Crippen molar-refractivity contribution in [3.63, 3.8) is 0 Å². The third-order valence-electron chi connectivity index (χ3n) is 2.11. The summed E-state index contributed by atoms with van der Waals surface area (Å²) in [6.07, 6.45) is -4.39. The minimum Gasteiger partial charge on any atom is -0.406 e. The van der Waals surface area contributed by atoms with Gasteiger partial charge in [-0.15, -0.1) is 13.2 Å². The van der Waals surface area contributed by atoms with Crippen molar-refractivity contribution in [3.8, 4) is 17.6 Å². The van der Waals surface area contributed by atoms with Crippen molar-refractivity contribution in [3.05, 3.63) is 23.8 Å². The number of hydrogen-bond acceptors (Lipinski definition) is 3. The summed E-state index contributed by atoms with van der Waals surface area (Å²) in [7, 11) is 0. The average molecular weight is 286 g/mol. The number of benzene rings is 1. The molecule has 0 aliphatic carbocycles. The van der Waals surface area contributed by atoms with E-state index in [0.29, 0.717) is 13.0 Å². The topological polar surface area (TPSA) is 64.3 Å². The Balaban J connectivity index is 2.72. The lowest BCUT2D eigenvalue weighted by Crippen LogP contribution is -2.20. The van der Waals surface area contributed by atoms with Crippen molar-refractivity contribution in [2.75, 3.05) is 12.3 Å². The molecule has 1 aromatic rings. The van der Waals surface area contributed by atoms with E-state index in [4.69, 9.17) is 5.73 Å². The van der Waals surface area contributed by atoms with Gasteiger partial charge < -0.3 is 15.8 Å². The van der Waals surface area contributed by atoms with Gasteiger partial charge in [-0.3, -0.25) is 4.79 Å². The lowest BCUT2D eigenvalue weighted by atomic mass is 10.1. The van der Waals surface area contributed by atoms with E-state index < -0.39 is 6.36 Å². The summed E-state index contributed by atoms with van der Waals surface area (Å²) in [5.41, 5.74) is 6.11. The number of carbonyl (C=O) groups excluding carboxylic acids is 1. The SMILES string of the molecule is CC(=O)NCCC#Cc1cc(OC(F)(F)F)ccc1N. The van der Waals surface area contributed by atoms with Gasteiger partial charge in [-0.1, -0.05) is 11.8 Å². The van der Waals surface area contributed by atoms with Crippen LogP contribution in [0.5, 0.6) is 5.75 Å². The zero-order valence-electron chi connectivity index (χ0n) is 10.7. The molecule has 0 unspecified atom stereocenters. The van der Waals surface area contributed by atoms with Crippen molar-refractivity contribution < 1.29 is 22.7 Å². The van der Waals surface area contributed by atoms with Crippen LogP contribution >= 0.6 is 0 Å². The number of amides is 1. The van der Waals surface area contributed by atoms with Gasteiger partial charge >= 0.3 is 6.36 Å². The molecule has 20 heavy (non-hydrogen) atoms. The van der Waals surface area contributed by atoms with Crippen LogP contribution < -0.4 is 15.8 Å². The average Bonchev–Trinajstić information content (AvgIpc) is 2.30. The van der Waals surface area contributed by atoms with Crippen LogP contribution in [0.1, 0.15) is 18.9 Å². The van der Waals surface area contributed by atoms with Crippen LogP contribution in [0.25, 0.3) is 0 Å². The minimum atomic E-state index is -4.76. The van der Waals surface area contributed by atoms with Crippen molar-refractivity contribution >= 4 is 11.6 Å². The standard InChI is InChI=1S/C13H13F3N2O2/c1-9(19)18-7-3-2-4-10-8-11(5-6-12(10)17)20-13(14,15)16/h5-6,8H,3,7,17H2,1H3,(H,18,19). The molecule has 108 valence electrons. The fourth-order valence-corrected chi connectivity index (χ4v) is 1.30. The second kappa shape index (κ2) is 6.70. The highest BCUT2D eigenvalue weighted by Crippen LogP contribution is 2.25. The van der Waals surface area contributed by atoms with Crippen molar-refractivity contribution in [1.29, 1.82) is 0 Å². The summed E-state index contributed by atoms with van der Waals surface area (Å²) in [5, 5.41) is 2.54. The number of alkyl halides is 3. The highest BCUT2D eigenvalue weighted by Gasteiger charge is 2.31. The first kappa shape index (κ1) is 15.7. The highest BCUT2D eigenvalue weighted by molar-refractivity contribution is 5.72. The molecular formula is C13H13F3N2O2. The summed E-state index contributed by atoms with van der Waals surface area (Å²) >= 11 is 0. The first-order valence-electron chi connectivity index (χ1n) is 5.66. The number of nitrogens with two attached hydrogens (primary N) is 1. The van der Waals surface area contributed by atoms with E-state index in [2.05, 4.69) is 21.9 Å². The molecule has 0 aromatic heterocycles. The molecule has 0 fully saturated rings. The number of nitrogens with one attached hydrogen (secondary N) is 1. The Morgan fingerprint density at radius 3 is 2.75 bits per heavy atom. The zero-order valence-corrected chi connectivity index (χ0v) is 10.7. The molecule has 7 heteroatoms. The number of rotatable bonds is 3. The molecule has 0 saturated heterocycles. The molecule has 0 aliphatic heterocycles. The van der Waals surface area contributed by atoms with Crippen LogP contribution in [0, 0.1) is 11.8 Å². The van der Waals surface area contributed by atoms with Gasteiger partial charge in [-0.05, 0) is 18.2 Å². The van der Waals surface area contributed by atoms with Gasteiger partial charge in [-0.25, -0.2) is 0 Å². The Bertz CT molecular complexity index is 545. The largest absolute Gasteiger partial charge is 0.573 e. The Kier molecular flexibility index (Phi) is 5.26. The van der Waals surface area contributed by atoms with Gasteiger partial charge in [-0.2, -0.15) is 0 Å². The molecule has 1 amide bonds. The Morgan fingerprint density at radius 2 is 2.15 bits per heavy atom. The van der Waals surface area contributed by atoms with Gasteiger partial charge in [0.25, 0.3) is 0 Å². The lowest BCUT2D eigenvalue weighted by molar-refractivity contribution is -0.274. The molecule has 0 radical (unpaired) electrons. The van der Waals surface area contributed by atoms with E-state index in [1.807, 2.05) is 0 Å². The van der Waals surface area contributed by atoms with E-state index in [1.54, 1.807) is 0 Å². The normalized spacial score (nSPS) is 10.4. The number of nitrogen functional groups attached to an aromatic ring is 1. The fourth-order valence-electron chi connectivity index (χ4n) is 1.30. The first-order chi connectivity index (χ1) is 9.28. The van der Waals surface area contributed by atoms with Crippen LogP contribution in [0.15, 0.2) is 18.2 Å². The zero-order chi connectivity index (χ0) is 15.2. The van der Waals surface area contributed by atoms with Crippen molar-refractivity contribution in [2.24, 2.45) is 0 Å². The van der Waals surface area contributed by atoms with E-state index in [0.717, 1.165) is 12.1 Å². The second-order valence-corrected chi connectivity index (χ2v) is 3.83. The van der Waals surface area contributed by atoms with Crippen LogP contribution in [0.3, 0.4) is 0 Å². The molecule has 0 saturated carbocycles. The number of hydrogen-bond donors (Lipinski definition) is 2. The Morgan fingerprint density at radius 1 is 1.45 bits per heavy atom. The summed E-state index contributed by atoms with van der Waals surface area (Å²) in [6, 6.07) is 3.53. The summed E-state index contributed by atoms with van der Waals surface area (Å²) < 4.78 is 40.0. The van der Waals surface area contributed by atoms with E-state index >= 15 is 0 Å². The third kappa shape index (κ3) is 6.00. The molecule has 0 atom stereocenters. The first-order valence-corrected chi connectivity index (χ1v) is 5.66. The summed E-state index contributed by atoms with van der Waals surface area (Å²) in [6.45, 7) is 1.74. The Labute approximate surface area is 114 Å². The van der Waals surface area contributed by atoms with Gasteiger partial charge in [0.05, 0.1) is 5.56 Å². The van der Waals surface area contributed by atoms with Gasteiger partial charge in [0.1, 0.15) is 5.75 Å². The number of halogens is 3. The molecule has 0 spiro atoms. The van der Waals surface area contributed by atoms with Crippen LogP contribution in [0.2, 0.25) is 0 Å². The lowest BCUT2D eigenvalue weighted by Gasteiger charge is -2.09. The fraction of sp³-hybridized carbons (Fsp3) is 0.308. The maximum atomic E-state index is 12.1. The Hall–Kier alpha value is -2.36. The van der Waals surface area contributed by atoms with Gasteiger partial charge in [0.2, 0.25) is 5.91 Å². The van der Waals surface area contributed by atoms with Crippen molar-refractivity contribution in [2.45, 2.75) is 19.7 Å². The molecule has 4 nitrogen and oxygen atoms in total. The molecule has 0 bridgehead atoms. The molecule has 1 rings (SSSR count). The van der Waals surface area contributed by atoms with Gasteiger partial charge in [0.15, 0.2) is 0 Å². The van der Waals surface area contributed by atoms with E-state index in [-0.39, 0.29) is 22.9 Å². The third-order valence-corrected chi connectivity index (χ3v) is 2.11. The number of ether oxygens (including phenoxy) is 1. The van der Waals surface area contributed by atoms with Gasteiger partial charge in [0, 0.05) is 25.6 Å². The van der Waals surface area contributed by atoms with E-state index in [9.17, 15) is 18.0 Å². The van der Waals surface area contributed by atoms with Crippen LogP contribution in [-0.4, -0.2) is 18.8 Å². The summed E-state index contributed by atoms with van der Waals surface area (Å²) in [5.74, 6) is 4.79. The molecule has 0 aliphatic rings. The molecule has 3 N–H and O–H groups in total. The second-order valence-electron chi connectivity index (χ2n) is 3.83. The number of carbonyl (C=O) groups is 1. The minimum absolute atomic E-state index is 0.174. The molecule has 0 heterocycles. The van der Waals surface area contributed by atoms with Crippen LogP contribution in [0.4, 0.5) is 18.9 Å². The summed E-state index contributed by atoms with van der Waals surface area (Å²) in [4.78, 5) is 10.6. The smallest absolute Gasteiger partial charge is 0.406 e. The predicted octanol–water partition coefficient (Wildman–Crippen LogP) is 2.05. The predicted molar refractivity (Wildman–Crippen MR) is 67.7 cm³/mol. The monoisotopic (exact) mass is 286 g/mol. The number of anilines is 1. The quantitative estimate of drug-likeness (QED) is 0.508. The van der Waals surface area contributed by atoms with Crippen molar-refractivity contribution in [1.82, 2.24) is 5.32 Å².